The lowest BCUT2D eigenvalue weighted by atomic mass is 10.1. The summed E-state index contributed by atoms with van der Waals surface area (Å²) in [6.07, 6.45) is 1.61. The zero-order valence-electron chi connectivity index (χ0n) is 16.5. The molecule has 2 heterocycles. The van der Waals surface area contributed by atoms with Gasteiger partial charge in [-0.15, -0.1) is 0 Å². The van der Waals surface area contributed by atoms with Crippen LogP contribution in [0.1, 0.15) is 22.5 Å². The van der Waals surface area contributed by atoms with Crippen molar-refractivity contribution in [3.63, 3.8) is 0 Å². The van der Waals surface area contributed by atoms with Crippen molar-refractivity contribution in [3.8, 4) is 0 Å². The minimum Gasteiger partial charge on any atom is -0.467 e. The molecule has 0 bridgehead atoms. The van der Waals surface area contributed by atoms with Gasteiger partial charge in [-0.05, 0) is 36.4 Å². The van der Waals surface area contributed by atoms with Gasteiger partial charge in [0, 0.05) is 13.0 Å². The molecule has 1 aliphatic rings. The second kappa shape index (κ2) is 9.06. The highest BCUT2D eigenvalue weighted by Gasteiger charge is 2.36. The minimum absolute atomic E-state index is 0.0733. The lowest BCUT2D eigenvalue weighted by Gasteiger charge is -2.18. The Hall–Kier alpha value is -3.58. The van der Waals surface area contributed by atoms with Crippen molar-refractivity contribution in [3.05, 3.63) is 83.3 Å². The highest BCUT2D eigenvalue weighted by Crippen LogP contribution is 2.31. The first-order valence-electron chi connectivity index (χ1n) is 9.78. The molecular weight excluding hydrogens is 418 g/mol. The lowest BCUT2D eigenvalue weighted by molar-refractivity contribution is -0.122. The number of furan rings is 1. The second-order valence-corrected chi connectivity index (χ2v) is 7.56. The molecule has 1 fully saturated rings. The highest BCUT2D eigenvalue weighted by atomic mass is 35.5. The Labute approximate surface area is 184 Å². The van der Waals surface area contributed by atoms with Gasteiger partial charge < -0.3 is 20.0 Å². The molecule has 0 saturated carbocycles. The topological polar surface area (TPSA) is 91.6 Å². The Kier molecular flexibility index (Phi) is 6.04. The number of hydrogen-bond acceptors (Lipinski definition) is 4. The van der Waals surface area contributed by atoms with E-state index in [0.717, 1.165) is 0 Å². The molecule has 0 aliphatic carbocycles. The van der Waals surface area contributed by atoms with Gasteiger partial charge in [0.1, 0.15) is 5.76 Å². The molecule has 3 amide bonds. The summed E-state index contributed by atoms with van der Waals surface area (Å²) in [6, 6.07) is 17.3. The number of benzene rings is 2. The summed E-state index contributed by atoms with van der Waals surface area (Å²) in [5, 5.41) is 6.02. The summed E-state index contributed by atoms with van der Waals surface area (Å²) in [6.45, 7) is 0.458. The summed E-state index contributed by atoms with van der Waals surface area (Å²) in [4.78, 5) is 39.5. The molecule has 0 spiro atoms. The summed E-state index contributed by atoms with van der Waals surface area (Å²) in [5.41, 5.74) is 1.30. The molecule has 1 saturated heterocycles. The van der Waals surface area contributed by atoms with Crippen LogP contribution in [0.3, 0.4) is 0 Å². The zero-order chi connectivity index (χ0) is 21.8. The minimum atomic E-state index is -0.553. The van der Waals surface area contributed by atoms with Crippen LogP contribution in [-0.2, 0) is 16.1 Å². The SMILES string of the molecule is O=C(NCc1ccco1)c1ccccc1NC(=O)[C@@H]1CC(=O)N(c2ccccc2Cl)C1. The lowest BCUT2D eigenvalue weighted by Crippen LogP contribution is -2.29. The molecule has 3 aromatic rings. The van der Waals surface area contributed by atoms with Crippen molar-refractivity contribution >= 4 is 40.7 Å². The van der Waals surface area contributed by atoms with E-state index < -0.39 is 5.92 Å². The predicted molar refractivity (Wildman–Crippen MR) is 117 cm³/mol. The van der Waals surface area contributed by atoms with Crippen molar-refractivity contribution in [1.29, 1.82) is 0 Å². The first-order chi connectivity index (χ1) is 15.0. The molecule has 2 aromatic carbocycles. The number of carbonyl (C=O) groups excluding carboxylic acids is 3. The van der Waals surface area contributed by atoms with E-state index in [1.807, 2.05) is 0 Å². The third-order valence-corrected chi connectivity index (χ3v) is 5.39. The van der Waals surface area contributed by atoms with Crippen molar-refractivity contribution in [1.82, 2.24) is 5.32 Å². The average Bonchev–Trinajstić information content (AvgIpc) is 3.42. The van der Waals surface area contributed by atoms with Crippen LogP contribution in [0.2, 0.25) is 5.02 Å². The number of amides is 3. The number of halogens is 1. The first-order valence-corrected chi connectivity index (χ1v) is 10.2. The van der Waals surface area contributed by atoms with Gasteiger partial charge in [-0.25, -0.2) is 0 Å². The standard InChI is InChI=1S/C23H20ClN3O4/c24-18-8-2-4-10-20(18)27-14-15(12-21(27)28)22(29)26-19-9-3-1-7-17(19)23(30)25-13-16-6-5-11-31-16/h1-11,15H,12-14H2,(H,25,30)(H,26,29)/t15-/m1/s1. The van der Waals surface area contributed by atoms with Crippen LogP contribution in [0.5, 0.6) is 0 Å². The Morgan fingerprint density at radius 3 is 2.61 bits per heavy atom. The number of carbonyl (C=O) groups is 3. The third-order valence-electron chi connectivity index (χ3n) is 5.07. The molecule has 1 aromatic heterocycles. The summed E-state index contributed by atoms with van der Waals surface area (Å²) < 4.78 is 5.22. The van der Waals surface area contributed by atoms with Crippen LogP contribution >= 0.6 is 11.6 Å². The van der Waals surface area contributed by atoms with E-state index >= 15 is 0 Å². The van der Waals surface area contributed by atoms with Crippen molar-refractivity contribution < 1.29 is 18.8 Å². The maximum absolute atomic E-state index is 12.9. The number of rotatable bonds is 6. The van der Waals surface area contributed by atoms with E-state index in [1.54, 1.807) is 60.7 Å². The van der Waals surface area contributed by atoms with E-state index in [-0.39, 0.29) is 37.2 Å². The van der Waals surface area contributed by atoms with Crippen LogP contribution in [0.15, 0.2) is 71.3 Å². The number of para-hydroxylation sites is 2. The molecule has 8 heteroatoms. The molecule has 4 rings (SSSR count). The van der Waals surface area contributed by atoms with Gasteiger partial charge in [-0.1, -0.05) is 35.9 Å². The molecule has 158 valence electrons. The monoisotopic (exact) mass is 437 g/mol. The first kappa shape index (κ1) is 20.7. The summed E-state index contributed by atoms with van der Waals surface area (Å²) in [7, 11) is 0. The van der Waals surface area contributed by atoms with Gasteiger partial charge in [0.25, 0.3) is 5.91 Å². The summed E-state index contributed by atoms with van der Waals surface area (Å²) in [5.74, 6) is -0.763. The fraction of sp³-hybridized carbons (Fsp3) is 0.174. The Balaban J connectivity index is 1.44. The van der Waals surface area contributed by atoms with Gasteiger partial charge in [0.2, 0.25) is 11.8 Å². The van der Waals surface area contributed by atoms with Crippen LogP contribution in [0.25, 0.3) is 0 Å². The third kappa shape index (κ3) is 4.62. The van der Waals surface area contributed by atoms with Crippen molar-refractivity contribution in [2.24, 2.45) is 5.92 Å². The Bertz CT molecular complexity index is 1110. The molecule has 2 N–H and O–H groups in total. The quantitative estimate of drug-likeness (QED) is 0.612. The van der Waals surface area contributed by atoms with E-state index in [2.05, 4.69) is 10.6 Å². The molecule has 1 atom stereocenters. The van der Waals surface area contributed by atoms with E-state index in [0.29, 0.717) is 27.7 Å². The number of nitrogens with zero attached hydrogens (tertiary/aromatic N) is 1. The van der Waals surface area contributed by atoms with E-state index in [4.69, 9.17) is 16.0 Å². The van der Waals surface area contributed by atoms with Crippen LogP contribution in [0, 0.1) is 5.92 Å². The van der Waals surface area contributed by atoms with E-state index in [1.165, 1.54) is 11.2 Å². The Morgan fingerprint density at radius 2 is 1.84 bits per heavy atom. The molecule has 31 heavy (non-hydrogen) atoms. The number of hydrogen-bond donors (Lipinski definition) is 2. The second-order valence-electron chi connectivity index (χ2n) is 7.15. The highest BCUT2D eigenvalue weighted by molar-refractivity contribution is 6.34. The maximum Gasteiger partial charge on any atom is 0.253 e. The average molecular weight is 438 g/mol. The van der Waals surface area contributed by atoms with Gasteiger partial charge in [-0.3, -0.25) is 14.4 Å². The van der Waals surface area contributed by atoms with Crippen LogP contribution in [-0.4, -0.2) is 24.3 Å². The largest absolute Gasteiger partial charge is 0.467 e. The maximum atomic E-state index is 12.9. The fourth-order valence-corrected chi connectivity index (χ4v) is 3.73. The van der Waals surface area contributed by atoms with Gasteiger partial charge in [-0.2, -0.15) is 0 Å². The van der Waals surface area contributed by atoms with Crippen molar-refractivity contribution in [2.45, 2.75) is 13.0 Å². The smallest absolute Gasteiger partial charge is 0.253 e. The molecular formula is C23H20ClN3O4. The zero-order valence-corrected chi connectivity index (χ0v) is 17.3. The fourth-order valence-electron chi connectivity index (χ4n) is 3.49. The van der Waals surface area contributed by atoms with Gasteiger partial charge in [0.15, 0.2) is 0 Å². The number of nitrogens with one attached hydrogen (secondary N) is 2. The normalized spacial score (nSPS) is 15.7. The van der Waals surface area contributed by atoms with Crippen molar-refractivity contribution in [2.75, 3.05) is 16.8 Å². The molecule has 1 aliphatic heterocycles. The number of anilines is 2. The van der Waals surface area contributed by atoms with Crippen LogP contribution < -0.4 is 15.5 Å². The summed E-state index contributed by atoms with van der Waals surface area (Å²) >= 11 is 6.20. The molecule has 7 nitrogen and oxygen atoms in total. The van der Waals surface area contributed by atoms with Gasteiger partial charge >= 0.3 is 0 Å². The molecule has 0 radical (unpaired) electrons. The van der Waals surface area contributed by atoms with E-state index in [9.17, 15) is 14.4 Å². The van der Waals surface area contributed by atoms with Crippen LogP contribution in [0.4, 0.5) is 11.4 Å². The van der Waals surface area contributed by atoms with Gasteiger partial charge in [0.05, 0.1) is 40.7 Å². The predicted octanol–water partition coefficient (Wildman–Crippen LogP) is 3.85. The molecule has 0 unspecified atom stereocenters. The Morgan fingerprint density at radius 1 is 1.06 bits per heavy atom.